The lowest BCUT2D eigenvalue weighted by atomic mass is 10.3. The van der Waals surface area contributed by atoms with Crippen molar-refractivity contribution < 1.29 is 8.42 Å². The molecule has 0 aliphatic heterocycles. The van der Waals surface area contributed by atoms with Gasteiger partial charge >= 0.3 is 0 Å². The molecule has 1 atom stereocenters. The molecule has 2 heterocycles. The highest BCUT2D eigenvalue weighted by Gasteiger charge is 2.26. The second-order valence-electron chi connectivity index (χ2n) is 4.33. The summed E-state index contributed by atoms with van der Waals surface area (Å²) in [6.07, 6.45) is 2.33. The van der Waals surface area contributed by atoms with Crippen molar-refractivity contribution in [3.8, 4) is 0 Å². The summed E-state index contributed by atoms with van der Waals surface area (Å²) in [6.45, 7) is 3.94. The predicted octanol–water partition coefficient (Wildman–Crippen LogP) is 2.40. The Hall–Kier alpha value is -0.800. The van der Waals surface area contributed by atoms with Gasteiger partial charge in [-0.25, -0.2) is 18.1 Å². The van der Waals surface area contributed by atoms with Gasteiger partial charge in [-0.1, -0.05) is 6.92 Å². The van der Waals surface area contributed by atoms with Crippen LogP contribution in [0.5, 0.6) is 0 Å². The number of sulfonamides is 1. The highest BCUT2D eigenvalue weighted by Crippen LogP contribution is 2.29. The first-order valence-corrected chi connectivity index (χ1v) is 9.42. The largest absolute Gasteiger partial charge is 0.326 e. The molecule has 0 spiro atoms. The first-order valence-electron chi connectivity index (χ1n) is 6.18. The lowest BCUT2D eigenvalue weighted by molar-refractivity contribution is 0.548. The Morgan fingerprint density at radius 3 is 2.75 bits per heavy atom. The van der Waals surface area contributed by atoms with Gasteiger partial charge in [0.1, 0.15) is 9.90 Å². The minimum Gasteiger partial charge on any atom is -0.326 e. The zero-order chi connectivity index (χ0) is 14.8. The third-order valence-electron chi connectivity index (χ3n) is 2.90. The minimum atomic E-state index is -3.58. The van der Waals surface area contributed by atoms with Crippen LogP contribution in [0.25, 0.3) is 0 Å². The molecule has 8 heteroatoms. The second-order valence-corrected chi connectivity index (χ2v) is 7.87. The van der Waals surface area contributed by atoms with Gasteiger partial charge in [0.05, 0.1) is 6.04 Å². The smallest absolute Gasteiger partial charge is 0.242 e. The summed E-state index contributed by atoms with van der Waals surface area (Å²) in [5.41, 5.74) is 6.36. The number of aromatic nitrogens is 1. The normalized spacial score (nSPS) is 13.6. The minimum absolute atomic E-state index is 0.225. The molecule has 0 amide bonds. The zero-order valence-electron chi connectivity index (χ0n) is 11.3. The average molecular weight is 331 g/mol. The van der Waals surface area contributed by atoms with Gasteiger partial charge in [0.25, 0.3) is 0 Å². The molecule has 0 aromatic carbocycles. The fourth-order valence-corrected chi connectivity index (χ4v) is 5.78. The van der Waals surface area contributed by atoms with E-state index in [0.29, 0.717) is 16.2 Å². The summed E-state index contributed by atoms with van der Waals surface area (Å²) in [7, 11) is -3.58. The molecule has 20 heavy (non-hydrogen) atoms. The van der Waals surface area contributed by atoms with Gasteiger partial charge in [0.2, 0.25) is 10.0 Å². The molecule has 0 aliphatic carbocycles. The van der Waals surface area contributed by atoms with Crippen molar-refractivity contribution in [2.24, 2.45) is 5.73 Å². The Labute approximate surface area is 126 Å². The highest BCUT2D eigenvalue weighted by atomic mass is 32.2. The van der Waals surface area contributed by atoms with Crippen LogP contribution < -0.4 is 10.5 Å². The molecule has 3 N–H and O–H groups in total. The molecule has 0 bridgehead atoms. The van der Waals surface area contributed by atoms with E-state index in [1.165, 1.54) is 22.7 Å². The summed E-state index contributed by atoms with van der Waals surface area (Å²) in [5, 5.41) is 4.44. The number of hydrogen-bond acceptors (Lipinski definition) is 6. The van der Waals surface area contributed by atoms with Crippen LogP contribution in [0.15, 0.2) is 21.9 Å². The van der Waals surface area contributed by atoms with Crippen LogP contribution in [0.1, 0.15) is 34.8 Å². The molecule has 0 fully saturated rings. The van der Waals surface area contributed by atoms with E-state index in [0.717, 1.165) is 10.6 Å². The molecule has 0 radical (unpaired) electrons. The maximum Gasteiger partial charge on any atom is 0.242 e. The van der Waals surface area contributed by atoms with E-state index in [4.69, 9.17) is 5.73 Å². The van der Waals surface area contributed by atoms with E-state index in [-0.39, 0.29) is 12.6 Å². The van der Waals surface area contributed by atoms with Crippen molar-refractivity contribution in [1.82, 2.24) is 9.71 Å². The molecule has 1 unspecified atom stereocenters. The van der Waals surface area contributed by atoms with Crippen molar-refractivity contribution in [3.05, 3.63) is 32.4 Å². The maximum atomic E-state index is 12.6. The zero-order valence-corrected chi connectivity index (χ0v) is 13.7. The van der Waals surface area contributed by atoms with Crippen LogP contribution >= 0.6 is 22.7 Å². The molecule has 5 nitrogen and oxygen atoms in total. The van der Waals surface area contributed by atoms with Crippen molar-refractivity contribution in [3.63, 3.8) is 0 Å². The highest BCUT2D eigenvalue weighted by molar-refractivity contribution is 7.89. The van der Waals surface area contributed by atoms with Gasteiger partial charge in [-0.05, 0) is 24.3 Å². The number of nitrogens with zero attached hydrogens (tertiary/aromatic N) is 1. The summed E-state index contributed by atoms with van der Waals surface area (Å²) in [6, 6.07) is -0.301. The van der Waals surface area contributed by atoms with Gasteiger partial charge in [-0.3, -0.25) is 0 Å². The first-order chi connectivity index (χ1) is 9.49. The second kappa shape index (κ2) is 6.31. The Bertz CT molecular complexity index is 662. The number of thiophene rings is 1. The molecule has 110 valence electrons. The molecule has 0 saturated heterocycles. The van der Waals surface area contributed by atoms with Gasteiger partial charge in [-0.2, -0.15) is 0 Å². The summed E-state index contributed by atoms with van der Waals surface area (Å²) >= 11 is 2.83. The number of rotatable bonds is 6. The number of nitrogens with one attached hydrogen (secondary N) is 1. The van der Waals surface area contributed by atoms with E-state index in [9.17, 15) is 8.42 Å². The van der Waals surface area contributed by atoms with Crippen molar-refractivity contribution in [2.45, 2.75) is 37.8 Å². The molecule has 2 rings (SSSR count). The third kappa shape index (κ3) is 3.09. The van der Waals surface area contributed by atoms with Crippen LogP contribution in [0.4, 0.5) is 0 Å². The van der Waals surface area contributed by atoms with Gasteiger partial charge in [0.15, 0.2) is 0 Å². The fourth-order valence-electron chi connectivity index (χ4n) is 1.95. The molecule has 2 aromatic rings. The van der Waals surface area contributed by atoms with Crippen LogP contribution in [0.2, 0.25) is 0 Å². The molecule has 2 aromatic heterocycles. The number of aryl methyl sites for hydroxylation is 1. The van der Waals surface area contributed by atoms with Crippen LogP contribution in [-0.2, 0) is 16.6 Å². The molecular weight excluding hydrogens is 314 g/mol. The van der Waals surface area contributed by atoms with E-state index < -0.39 is 10.0 Å². The monoisotopic (exact) mass is 331 g/mol. The topological polar surface area (TPSA) is 85.1 Å². The van der Waals surface area contributed by atoms with Crippen molar-refractivity contribution in [2.75, 3.05) is 0 Å². The van der Waals surface area contributed by atoms with Gasteiger partial charge in [0, 0.05) is 23.0 Å². The van der Waals surface area contributed by atoms with Crippen molar-refractivity contribution >= 4 is 32.7 Å². The average Bonchev–Trinajstić information content (AvgIpc) is 3.05. The maximum absolute atomic E-state index is 12.6. The lowest BCUT2D eigenvalue weighted by Crippen LogP contribution is -2.29. The summed E-state index contributed by atoms with van der Waals surface area (Å²) in [4.78, 5) is 5.19. The summed E-state index contributed by atoms with van der Waals surface area (Å²) < 4.78 is 27.9. The Balaban J connectivity index is 2.33. The lowest BCUT2D eigenvalue weighted by Gasteiger charge is -2.15. The quantitative estimate of drug-likeness (QED) is 0.851. The van der Waals surface area contributed by atoms with Crippen LogP contribution in [0, 0.1) is 6.92 Å². The standard InChI is InChI=1S/C12H17N3O2S3/c1-3-9(12-14-4-5-18-12)15-20(16,17)11-8(2)7-19-10(11)6-13/h4-5,7,9,15H,3,6,13H2,1-2H3. The molecule has 0 aliphatic rings. The SMILES string of the molecule is CCC(NS(=O)(=O)c1c(C)csc1CN)c1nccs1. The third-order valence-corrected chi connectivity index (χ3v) is 6.74. The van der Waals surface area contributed by atoms with E-state index in [2.05, 4.69) is 9.71 Å². The predicted molar refractivity (Wildman–Crippen MR) is 82.4 cm³/mol. The first kappa shape index (κ1) is 15.6. The Morgan fingerprint density at radius 2 is 2.20 bits per heavy atom. The summed E-state index contributed by atoms with van der Waals surface area (Å²) in [5.74, 6) is 0. The van der Waals surface area contributed by atoms with Gasteiger partial charge in [-0.15, -0.1) is 22.7 Å². The number of hydrogen-bond donors (Lipinski definition) is 2. The van der Waals surface area contributed by atoms with Crippen molar-refractivity contribution in [1.29, 1.82) is 0 Å². The molecular formula is C12H17N3O2S3. The van der Waals surface area contributed by atoms with Crippen LogP contribution in [0.3, 0.4) is 0 Å². The number of nitrogens with two attached hydrogens (primary N) is 1. The molecule has 0 saturated carbocycles. The Kier molecular flexibility index (Phi) is 4.92. The van der Waals surface area contributed by atoms with Gasteiger partial charge < -0.3 is 5.73 Å². The fraction of sp³-hybridized carbons (Fsp3) is 0.417. The Morgan fingerprint density at radius 1 is 1.45 bits per heavy atom. The number of thiazole rings is 1. The van der Waals surface area contributed by atoms with E-state index in [1.807, 2.05) is 17.7 Å². The van der Waals surface area contributed by atoms with E-state index >= 15 is 0 Å². The van der Waals surface area contributed by atoms with E-state index in [1.54, 1.807) is 13.1 Å². The van der Waals surface area contributed by atoms with Crippen LogP contribution in [-0.4, -0.2) is 13.4 Å².